The lowest BCUT2D eigenvalue weighted by molar-refractivity contribution is 0.102. The van der Waals surface area contributed by atoms with Crippen LogP contribution in [0, 0.1) is 12.7 Å². The molecular weight excluding hydrogens is 355 g/mol. The summed E-state index contributed by atoms with van der Waals surface area (Å²) in [6, 6.07) is 13.9. The van der Waals surface area contributed by atoms with Crippen molar-refractivity contribution in [3.05, 3.63) is 82.9 Å². The van der Waals surface area contributed by atoms with Gasteiger partial charge >= 0.3 is 0 Å². The SMILES string of the molecule is CCc1cccc(C)c1NC(=O)c1ccnc(NCCc2ccc(F)cc2)n1. The first kappa shape index (κ1) is 19.5. The van der Waals surface area contributed by atoms with Crippen molar-refractivity contribution in [3.8, 4) is 0 Å². The molecule has 1 aromatic heterocycles. The Labute approximate surface area is 164 Å². The molecule has 0 bridgehead atoms. The van der Waals surface area contributed by atoms with Gasteiger partial charge < -0.3 is 10.6 Å². The van der Waals surface area contributed by atoms with Gasteiger partial charge in [-0.3, -0.25) is 4.79 Å². The zero-order valence-electron chi connectivity index (χ0n) is 16.0. The van der Waals surface area contributed by atoms with Crippen molar-refractivity contribution >= 4 is 17.5 Å². The highest BCUT2D eigenvalue weighted by molar-refractivity contribution is 6.03. The largest absolute Gasteiger partial charge is 0.354 e. The van der Waals surface area contributed by atoms with E-state index in [4.69, 9.17) is 0 Å². The molecule has 5 nitrogen and oxygen atoms in total. The van der Waals surface area contributed by atoms with Gasteiger partial charge in [0.2, 0.25) is 5.95 Å². The Bertz CT molecular complexity index is 957. The summed E-state index contributed by atoms with van der Waals surface area (Å²) in [5, 5.41) is 6.07. The summed E-state index contributed by atoms with van der Waals surface area (Å²) < 4.78 is 12.9. The first-order chi connectivity index (χ1) is 13.6. The molecule has 1 heterocycles. The second kappa shape index (κ2) is 9.08. The third kappa shape index (κ3) is 4.91. The fourth-order valence-electron chi connectivity index (χ4n) is 2.92. The minimum absolute atomic E-state index is 0.251. The number of carbonyl (C=O) groups excluding carboxylic acids is 1. The molecule has 0 radical (unpaired) electrons. The zero-order valence-corrected chi connectivity index (χ0v) is 16.0. The molecule has 1 amide bonds. The van der Waals surface area contributed by atoms with Gasteiger partial charge in [0.15, 0.2) is 0 Å². The number of aromatic nitrogens is 2. The Hall–Kier alpha value is -3.28. The monoisotopic (exact) mass is 378 g/mol. The van der Waals surface area contributed by atoms with Crippen LogP contribution in [-0.2, 0) is 12.8 Å². The molecule has 0 saturated carbocycles. The number of para-hydroxylation sites is 1. The number of hydrogen-bond donors (Lipinski definition) is 2. The molecule has 3 rings (SSSR count). The van der Waals surface area contributed by atoms with E-state index >= 15 is 0 Å². The predicted molar refractivity (Wildman–Crippen MR) is 109 cm³/mol. The number of nitrogens with one attached hydrogen (secondary N) is 2. The lowest BCUT2D eigenvalue weighted by Crippen LogP contribution is -2.17. The van der Waals surface area contributed by atoms with E-state index in [1.54, 1.807) is 24.4 Å². The van der Waals surface area contributed by atoms with Gasteiger partial charge in [-0.25, -0.2) is 14.4 Å². The maximum atomic E-state index is 12.9. The average Bonchev–Trinajstić information content (AvgIpc) is 2.71. The van der Waals surface area contributed by atoms with E-state index in [1.807, 2.05) is 25.1 Å². The lowest BCUT2D eigenvalue weighted by atomic mass is 10.1. The second-order valence-corrected chi connectivity index (χ2v) is 6.49. The molecule has 3 aromatic rings. The number of halogens is 1. The minimum atomic E-state index is -0.270. The number of aryl methyl sites for hydroxylation is 2. The Morgan fingerprint density at radius 1 is 1.11 bits per heavy atom. The van der Waals surface area contributed by atoms with Gasteiger partial charge in [0.1, 0.15) is 11.5 Å². The van der Waals surface area contributed by atoms with Crippen molar-refractivity contribution in [2.24, 2.45) is 0 Å². The number of hydrogen-bond acceptors (Lipinski definition) is 4. The van der Waals surface area contributed by atoms with Crippen LogP contribution in [0.15, 0.2) is 54.7 Å². The lowest BCUT2D eigenvalue weighted by Gasteiger charge is -2.13. The Morgan fingerprint density at radius 2 is 1.89 bits per heavy atom. The third-order valence-corrected chi connectivity index (χ3v) is 4.48. The Morgan fingerprint density at radius 3 is 2.64 bits per heavy atom. The summed E-state index contributed by atoms with van der Waals surface area (Å²) in [5.74, 6) is -0.137. The maximum absolute atomic E-state index is 12.9. The molecule has 28 heavy (non-hydrogen) atoms. The highest BCUT2D eigenvalue weighted by Crippen LogP contribution is 2.21. The number of benzene rings is 2. The Balaban J connectivity index is 1.64. The smallest absolute Gasteiger partial charge is 0.274 e. The molecule has 0 atom stereocenters. The average molecular weight is 378 g/mol. The van der Waals surface area contributed by atoms with Crippen LogP contribution in [0.3, 0.4) is 0 Å². The summed E-state index contributed by atoms with van der Waals surface area (Å²) in [7, 11) is 0. The van der Waals surface area contributed by atoms with Gasteiger partial charge in [-0.1, -0.05) is 37.3 Å². The summed E-state index contributed by atoms with van der Waals surface area (Å²) in [6.07, 6.45) is 3.08. The van der Waals surface area contributed by atoms with E-state index < -0.39 is 0 Å². The van der Waals surface area contributed by atoms with Crippen LogP contribution < -0.4 is 10.6 Å². The highest BCUT2D eigenvalue weighted by atomic mass is 19.1. The Kier molecular flexibility index (Phi) is 6.32. The van der Waals surface area contributed by atoms with Gasteiger partial charge in [-0.15, -0.1) is 0 Å². The van der Waals surface area contributed by atoms with Crippen LogP contribution in [0.5, 0.6) is 0 Å². The maximum Gasteiger partial charge on any atom is 0.274 e. The highest BCUT2D eigenvalue weighted by Gasteiger charge is 2.12. The van der Waals surface area contributed by atoms with E-state index in [-0.39, 0.29) is 11.7 Å². The fraction of sp³-hybridized carbons (Fsp3) is 0.227. The van der Waals surface area contributed by atoms with Gasteiger partial charge in [-0.2, -0.15) is 0 Å². The van der Waals surface area contributed by atoms with Crippen LogP contribution >= 0.6 is 0 Å². The summed E-state index contributed by atoms with van der Waals surface area (Å²) in [5.41, 5.74) is 4.23. The molecule has 144 valence electrons. The van der Waals surface area contributed by atoms with Crippen LogP contribution in [0.4, 0.5) is 16.0 Å². The van der Waals surface area contributed by atoms with Crippen molar-refractivity contribution in [3.63, 3.8) is 0 Å². The normalized spacial score (nSPS) is 10.5. The molecule has 0 aliphatic heterocycles. The molecule has 2 N–H and O–H groups in total. The van der Waals surface area contributed by atoms with Gasteiger partial charge in [-0.05, 0) is 54.7 Å². The molecule has 2 aromatic carbocycles. The fourth-order valence-corrected chi connectivity index (χ4v) is 2.92. The molecule has 0 saturated heterocycles. The number of carbonyl (C=O) groups is 1. The summed E-state index contributed by atoms with van der Waals surface area (Å²) >= 11 is 0. The van der Waals surface area contributed by atoms with Gasteiger partial charge in [0.25, 0.3) is 5.91 Å². The molecule has 0 spiro atoms. The van der Waals surface area contributed by atoms with Crippen LogP contribution in [0.2, 0.25) is 0 Å². The van der Waals surface area contributed by atoms with Crippen LogP contribution in [0.1, 0.15) is 34.1 Å². The first-order valence-electron chi connectivity index (χ1n) is 9.28. The number of amides is 1. The number of anilines is 2. The predicted octanol–water partition coefficient (Wildman–Crippen LogP) is 4.39. The van der Waals surface area contributed by atoms with Crippen molar-refractivity contribution in [1.29, 1.82) is 0 Å². The number of nitrogens with zero attached hydrogens (tertiary/aromatic N) is 2. The van der Waals surface area contributed by atoms with Crippen molar-refractivity contribution in [2.45, 2.75) is 26.7 Å². The standard InChI is InChI=1S/C22H23FN4O/c1-3-17-6-4-5-15(2)20(17)27-21(28)19-12-14-25-22(26-19)24-13-11-16-7-9-18(23)10-8-16/h4-10,12,14H,3,11,13H2,1-2H3,(H,27,28)(H,24,25,26). The van der Waals surface area contributed by atoms with Crippen molar-refractivity contribution < 1.29 is 9.18 Å². The van der Waals surface area contributed by atoms with Crippen LogP contribution in [-0.4, -0.2) is 22.4 Å². The molecule has 0 aliphatic rings. The number of rotatable bonds is 7. The topological polar surface area (TPSA) is 66.9 Å². The molecule has 0 fully saturated rings. The zero-order chi connectivity index (χ0) is 19.9. The van der Waals surface area contributed by atoms with E-state index in [0.29, 0.717) is 24.6 Å². The second-order valence-electron chi connectivity index (χ2n) is 6.49. The van der Waals surface area contributed by atoms with E-state index in [0.717, 1.165) is 28.8 Å². The third-order valence-electron chi connectivity index (χ3n) is 4.48. The molecule has 6 heteroatoms. The summed E-state index contributed by atoms with van der Waals surface area (Å²) in [4.78, 5) is 21.1. The molecule has 0 unspecified atom stereocenters. The van der Waals surface area contributed by atoms with E-state index in [9.17, 15) is 9.18 Å². The quantitative estimate of drug-likeness (QED) is 0.640. The van der Waals surface area contributed by atoms with Crippen molar-refractivity contribution in [1.82, 2.24) is 9.97 Å². The minimum Gasteiger partial charge on any atom is -0.354 e. The van der Waals surface area contributed by atoms with E-state index in [1.165, 1.54) is 12.1 Å². The summed E-state index contributed by atoms with van der Waals surface area (Å²) in [6.45, 7) is 4.60. The van der Waals surface area contributed by atoms with Gasteiger partial charge in [0, 0.05) is 18.4 Å². The van der Waals surface area contributed by atoms with Crippen LogP contribution in [0.25, 0.3) is 0 Å². The van der Waals surface area contributed by atoms with Gasteiger partial charge in [0.05, 0.1) is 0 Å². The van der Waals surface area contributed by atoms with E-state index in [2.05, 4.69) is 27.5 Å². The van der Waals surface area contributed by atoms with Crippen molar-refractivity contribution in [2.75, 3.05) is 17.2 Å². The first-order valence-corrected chi connectivity index (χ1v) is 9.28. The molecular formula is C22H23FN4O. The molecule has 0 aliphatic carbocycles.